The molecule has 0 saturated carbocycles. The van der Waals surface area contributed by atoms with Crippen molar-refractivity contribution in [3.8, 4) is 11.5 Å². The number of carbonyl (C=O) groups is 4. The standard InChI is InChI=1S/C26H37N3O3.C6H8O7/c1-25(2)14-21(15-26(3,4)28-25)29(16-19-9-7-6-8-10-19)17-20-11-12-22(23(13-20)31-5)32-18-24(27)30;7-3(8)1-6(13,5(11)12)2-4(9)10/h6-13,21,28H,14-18H2,1-5H3,(H2,27,30);13H,1-2H2,(H,7,8)(H,9,10)(H,11,12). The second kappa shape index (κ2) is 15.7. The number of nitrogens with one attached hydrogen (secondary N) is 1. The number of hydrogen-bond donors (Lipinski definition) is 6. The minimum Gasteiger partial charge on any atom is -0.493 e. The molecule has 0 radical (unpaired) electrons. The van der Waals surface area contributed by atoms with Gasteiger partial charge in [-0.1, -0.05) is 36.4 Å². The summed E-state index contributed by atoms with van der Waals surface area (Å²) in [7, 11) is 1.61. The zero-order valence-corrected chi connectivity index (χ0v) is 26.4. The molecule has 1 saturated heterocycles. The molecule has 1 fully saturated rings. The maximum Gasteiger partial charge on any atom is 0.336 e. The van der Waals surface area contributed by atoms with Gasteiger partial charge in [-0.05, 0) is 63.8 Å². The molecule has 13 heteroatoms. The molecular weight excluding hydrogens is 586 g/mol. The number of nitrogens with zero attached hydrogens (tertiary/aromatic N) is 1. The summed E-state index contributed by atoms with van der Waals surface area (Å²) in [5.41, 5.74) is 5.03. The first-order valence-corrected chi connectivity index (χ1v) is 14.4. The molecule has 0 unspecified atom stereocenters. The number of rotatable bonds is 14. The number of benzene rings is 2. The van der Waals surface area contributed by atoms with Crippen LogP contribution >= 0.6 is 0 Å². The Morgan fingerprint density at radius 3 is 1.89 bits per heavy atom. The second-order valence-electron chi connectivity index (χ2n) is 12.6. The smallest absolute Gasteiger partial charge is 0.336 e. The molecular formula is C32H45N3O10. The number of carboxylic acids is 3. The van der Waals surface area contributed by atoms with Gasteiger partial charge < -0.3 is 41.0 Å². The number of amides is 1. The van der Waals surface area contributed by atoms with E-state index < -0.39 is 42.3 Å². The molecule has 0 bridgehead atoms. The van der Waals surface area contributed by atoms with Crippen molar-refractivity contribution in [2.24, 2.45) is 5.73 Å². The van der Waals surface area contributed by atoms with E-state index in [1.165, 1.54) is 5.56 Å². The molecule has 0 aliphatic carbocycles. The highest BCUT2D eigenvalue weighted by Crippen LogP contribution is 2.34. The fourth-order valence-electron chi connectivity index (χ4n) is 5.69. The van der Waals surface area contributed by atoms with E-state index in [-0.39, 0.29) is 17.7 Å². The zero-order chi connectivity index (χ0) is 34.0. The average Bonchev–Trinajstić information content (AvgIpc) is 2.90. The van der Waals surface area contributed by atoms with Crippen molar-refractivity contribution in [1.82, 2.24) is 10.2 Å². The van der Waals surface area contributed by atoms with Crippen LogP contribution in [-0.4, -0.2) is 85.6 Å². The molecule has 2 aromatic carbocycles. The summed E-state index contributed by atoms with van der Waals surface area (Å²) >= 11 is 0. The third kappa shape index (κ3) is 12.4. The van der Waals surface area contributed by atoms with E-state index in [2.05, 4.69) is 68.2 Å². The van der Waals surface area contributed by atoms with Crippen molar-refractivity contribution in [3.63, 3.8) is 0 Å². The number of piperidine rings is 1. The van der Waals surface area contributed by atoms with E-state index in [9.17, 15) is 19.2 Å². The number of methoxy groups -OCH3 is 1. The Labute approximate surface area is 262 Å². The number of nitrogens with two attached hydrogens (primary N) is 1. The first-order valence-electron chi connectivity index (χ1n) is 14.4. The van der Waals surface area contributed by atoms with E-state index in [0.29, 0.717) is 17.5 Å². The number of aliphatic hydroxyl groups is 1. The lowest BCUT2D eigenvalue weighted by atomic mass is 9.78. The first-order chi connectivity index (χ1) is 20.8. The lowest BCUT2D eigenvalue weighted by molar-refractivity contribution is -0.170. The summed E-state index contributed by atoms with van der Waals surface area (Å²) in [4.78, 5) is 44.1. The van der Waals surface area contributed by atoms with Gasteiger partial charge in [0.05, 0.1) is 20.0 Å². The molecule has 0 atom stereocenters. The summed E-state index contributed by atoms with van der Waals surface area (Å²) in [6.07, 6.45) is -0.149. The molecule has 0 spiro atoms. The molecule has 1 aliphatic heterocycles. The van der Waals surface area contributed by atoms with Crippen LogP contribution in [0.25, 0.3) is 0 Å². The maximum atomic E-state index is 11.1. The van der Waals surface area contributed by atoms with Gasteiger partial charge in [-0.15, -0.1) is 0 Å². The summed E-state index contributed by atoms with van der Waals surface area (Å²) < 4.78 is 11.0. The molecule has 0 aromatic heterocycles. The van der Waals surface area contributed by atoms with Crippen LogP contribution in [0, 0.1) is 0 Å². The van der Waals surface area contributed by atoms with E-state index >= 15 is 0 Å². The SMILES string of the molecule is COc1cc(CN(Cc2ccccc2)C2CC(C)(C)NC(C)(C)C2)ccc1OCC(N)=O.O=C(O)CC(O)(CC(=O)O)C(=O)O. The van der Waals surface area contributed by atoms with Crippen molar-refractivity contribution >= 4 is 23.8 Å². The normalized spacial score (nSPS) is 15.8. The molecule has 7 N–H and O–H groups in total. The zero-order valence-electron chi connectivity index (χ0n) is 26.4. The third-order valence-electron chi connectivity index (χ3n) is 7.18. The number of carbonyl (C=O) groups excluding carboxylic acids is 1. The first kappa shape index (κ1) is 37.0. The van der Waals surface area contributed by atoms with Crippen molar-refractivity contribution in [3.05, 3.63) is 59.7 Å². The number of ether oxygens (including phenoxy) is 2. The van der Waals surface area contributed by atoms with Crippen molar-refractivity contribution in [2.45, 2.75) is 89.2 Å². The van der Waals surface area contributed by atoms with Gasteiger partial charge in [0, 0.05) is 30.2 Å². The summed E-state index contributed by atoms with van der Waals surface area (Å²) in [5, 5.41) is 37.6. The lowest BCUT2D eigenvalue weighted by Crippen LogP contribution is -2.62. The van der Waals surface area contributed by atoms with Crippen LogP contribution in [0.15, 0.2) is 48.5 Å². The van der Waals surface area contributed by atoms with Crippen LogP contribution in [0.4, 0.5) is 0 Å². The molecule has 2 aromatic rings. The monoisotopic (exact) mass is 631 g/mol. The summed E-state index contributed by atoms with van der Waals surface area (Å²) in [6.45, 7) is 10.6. The Bertz CT molecular complexity index is 1300. The molecule has 13 nitrogen and oxygen atoms in total. The fourth-order valence-corrected chi connectivity index (χ4v) is 5.69. The van der Waals surface area contributed by atoms with Gasteiger partial charge in [-0.3, -0.25) is 19.3 Å². The fraction of sp³-hybridized carbons (Fsp3) is 0.500. The van der Waals surface area contributed by atoms with Crippen LogP contribution in [0.1, 0.15) is 64.5 Å². The Balaban J connectivity index is 0.000000459. The molecule has 1 aliphatic rings. The van der Waals surface area contributed by atoms with Crippen LogP contribution in [0.2, 0.25) is 0 Å². The van der Waals surface area contributed by atoms with Crippen molar-refractivity contribution in [2.75, 3.05) is 13.7 Å². The van der Waals surface area contributed by atoms with Gasteiger partial charge in [0.1, 0.15) is 0 Å². The molecule has 1 amide bonds. The van der Waals surface area contributed by atoms with Crippen molar-refractivity contribution in [1.29, 1.82) is 0 Å². The third-order valence-corrected chi connectivity index (χ3v) is 7.18. The van der Waals surface area contributed by atoms with E-state index in [4.69, 9.17) is 35.6 Å². The van der Waals surface area contributed by atoms with Gasteiger partial charge in [0.2, 0.25) is 0 Å². The summed E-state index contributed by atoms with van der Waals surface area (Å²) in [5.74, 6) is -4.40. The number of primary amides is 1. The van der Waals surface area contributed by atoms with Crippen molar-refractivity contribution < 1.29 is 49.1 Å². The minimum atomic E-state index is -2.74. The number of aliphatic carboxylic acids is 3. The van der Waals surface area contributed by atoms with Gasteiger partial charge in [-0.25, -0.2) is 4.79 Å². The van der Waals surface area contributed by atoms with E-state index in [0.717, 1.165) is 31.5 Å². The van der Waals surface area contributed by atoms with Gasteiger partial charge >= 0.3 is 17.9 Å². The second-order valence-corrected chi connectivity index (χ2v) is 12.6. The lowest BCUT2D eigenvalue weighted by Gasteiger charge is -2.49. The Kier molecular flexibility index (Phi) is 12.9. The number of carboxylic acid groups (broad SMARTS) is 3. The predicted molar refractivity (Wildman–Crippen MR) is 165 cm³/mol. The molecule has 45 heavy (non-hydrogen) atoms. The Morgan fingerprint density at radius 1 is 0.889 bits per heavy atom. The maximum absolute atomic E-state index is 11.1. The minimum absolute atomic E-state index is 0.0610. The molecule has 3 rings (SSSR count). The van der Waals surface area contributed by atoms with Crippen LogP contribution in [-0.2, 0) is 32.3 Å². The molecule has 1 heterocycles. The topological polar surface area (TPSA) is 209 Å². The van der Waals surface area contributed by atoms with Gasteiger partial charge in [-0.2, -0.15) is 0 Å². The highest BCUT2D eigenvalue weighted by atomic mass is 16.5. The molecule has 248 valence electrons. The van der Waals surface area contributed by atoms with Crippen LogP contribution < -0.4 is 20.5 Å². The van der Waals surface area contributed by atoms with E-state index in [1.807, 2.05) is 18.2 Å². The largest absolute Gasteiger partial charge is 0.493 e. The number of hydrogen-bond acceptors (Lipinski definition) is 9. The quantitative estimate of drug-likeness (QED) is 0.178. The van der Waals surface area contributed by atoms with Gasteiger partial charge in [0.25, 0.3) is 5.91 Å². The van der Waals surface area contributed by atoms with Crippen LogP contribution in [0.3, 0.4) is 0 Å². The highest BCUT2D eigenvalue weighted by molar-refractivity contribution is 5.88. The van der Waals surface area contributed by atoms with E-state index in [1.54, 1.807) is 7.11 Å². The Hall–Kier alpha value is -4.20. The predicted octanol–water partition coefficient (Wildman–Crippen LogP) is 2.62. The average molecular weight is 632 g/mol. The Morgan fingerprint density at radius 2 is 1.42 bits per heavy atom. The van der Waals surface area contributed by atoms with Crippen LogP contribution in [0.5, 0.6) is 11.5 Å². The van der Waals surface area contributed by atoms with Gasteiger partial charge in [0.15, 0.2) is 23.7 Å². The summed E-state index contributed by atoms with van der Waals surface area (Å²) in [6, 6.07) is 16.9. The highest BCUT2D eigenvalue weighted by Gasteiger charge is 2.41.